The van der Waals surface area contributed by atoms with Crippen molar-refractivity contribution in [1.82, 2.24) is 14.9 Å². The Morgan fingerprint density at radius 3 is 2.81 bits per heavy atom. The summed E-state index contributed by atoms with van der Waals surface area (Å²) < 4.78 is 5.40. The van der Waals surface area contributed by atoms with E-state index in [1.165, 1.54) is 16.2 Å². The first-order valence-corrected chi connectivity index (χ1v) is 9.39. The van der Waals surface area contributed by atoms with Crippen LogP contribution in [0.25, 0.3) is 11.4 Å². The van der Waals surface area contributed by atoms with Crippen molar-refractivity contribution in [3.05, 3.63) is 29.8 Å². The highest BCUT2D eigenvalue weighted by molar-refractivity contribution is 7.14. The zero-order valence-corrected chi connectivity index (χ0v) is 15.9. The monoisotopic (exact) mass is 374 g/mol. The first-order valence-electron chi connectivity index (χ1n) is 8.51. The van der Waals surface area contributed by atoms with E-state index in [1.807, 2.05) is 44.4 Å². The minimum atomic E-state index is -0.590. The van der Waals surface area contributed by atoms with Gasteiger partial charge >= 0.3 is 6.09 Å². The molecule has 138 valence electrons. The lowest BCUT2D eigenvalue weighted by atomic mass is 10.2. The number of aromatic nitrogens is 2. The average molecular weight is 374 g/mol. The molecular weight excluding hydrogens is 352 g/mol. The Balaban J connectivity index is 1.66. The minimum absolute atomic E-state index is 0.240. The van der Waals surface area contributed by atoms with E-state index >= 15 is 0 Å². The van der Waals surface area contributed by atoms with Gasteiger partial charge in [-0.3, -0.25) is 14.7 Å². The maximum Gasteiger partial charge on any atom is 0.410 e. The second-order valence-corrected chi connectivity index (χ2v) is 7.93. The molecule has 3 rings (SSSR count). The first kappa shape index (κ1) is 18.3. The van der Waals surface area contributed by atoms with Crippen LogP contribution in [0.15, 0.2) is 29.8 Å². The summed E-state index contributed by atoms with van der Waals surface area (Å²) in [6, 6.07) is 5.05. The number of rotatable bonds is 3. The van der Waals surface area contributed by atoms with Crippen molar-refractivity contribution in [2.75, 3.05) is 11.9 Å². The van der Waals surface area contributed by atoms with Crippen molar-refractivity contribution in [3.63, 3.8) is 0 Å². The molecule has 1 fully saturated rings. The van der Waals surface area contributed by atoms with Crippen LogP contribution in [-0.2, 0) is 9.53 Å². The maximum absolute atomic E-state index is 12.6. The van der Waals surface area contributed by atoms with Crippen LogP contribution in [0.4, 0.5) is 9.93 Å². The van der Waals surface area contributed by atoms with E-state index in [2.05, 4.69) is 15.3 Å². The number of carbonyl (C=O) groups is 2. The van der Waals surface area contributed by atoms with Crippen molar-refractivity contribution in [2.45, 2.75) is 45.3 Å². The van der Waals surface area contributed by atoms with Gasteiger partial charge in [-0.25, -0.2) is 9.78 Å². The standard InChI is InChI=1S/C18H22N4O3S/c1-18(2,3)25-17(24)22-10-6-8-14(22)15(23)21-16-20-13(11-26-16)12-7-4-5-9-19-12/h4-5,7,9,11,14H,6,8,10H2,1-3H3,(H,20,21,23)/t14-/m0/s1. The third kappa shape index (κ3) is 4.37. The van der Waals surface area contributed by atoms with Crippen LogP contribution in [-0.4, -0.2) is 45.1 Å². The Labute approximate surface area is 156 Å². The number of amides is 2. The number of ether oxygens (including phenoxy) is 1. The zero-order chi connectivity index (χ0) is 18.7. The summed E-state index contributed by atoms with van der Waals surface area (Å²) in [5.74, 6) is -0.240. The highest BCUT2D eigenvalue weighted by atomic mass is 32.1. The highest BCUT2D eigenvalue weighted by Crippen LogP contribution is 2.25. The van der Waals surface area contributed by atoms with E-state index in [-0.39, 0.29) is 5.91 Å². The molecule has 2 aromatic rings. The van der Waals surface area contributed by atoms with Gasteiger partial charge in [0, 0.05) is 18.1 Å². The van der Waals surface area contributed by atoms with Crippen LogP contribution in [0.3, 0.4) is 0 Å². The minimum Gasteiger partial charge on any atom is -0.444 e. The molecule has 8 heteroatoms. The number of nitrogens with one attached hydrogen (secondary N) is 1. The van der Waals surface area contributed by atoms with Crippen LogP contribution in [0.5, 0.6) is 0 Å². The van der Waals surface area contributed by atoms with Gasteiger partial charge in [-0.15, -0.1) is 11.3 Å². The van der Waals surface area contributed by atoms with Crippen LogP contribution in [0.1, 0.15) is 33.6 Å². The van der Waals surface area contributed by atoms with Gasteiger partial charge in [0.1, 0.15) is 17.3 Å². The third-order valence-corrected chi connectivity index (χ3v) is 4.60. The Morgan fingerprint density at radius 2 is 2.12 bits per heavy atom. The number of anilines is 1. The number of hydrogen-bond donors (Lipinski definition) is 1. The van der Waals surface area contributed by atoms with Gasteiger partial charge < -0.3 is 10.1 Å². The lowest BCUT2D eigenvalue weighted by molar-refractivity contribution is -0.120. The SMILES string of the molecule is CC(C)(C)OC(=O)N1CCC[C@H]1C(=O)Nc1nc(-c2ccccn2)cs1. The number of thiazole rings is 1. The Kier molecular flexibility index (Phi) is 5.22. The molecule has 1 aliphatic rings. The molecule has 26 heavy (non-hydrogen) atoms. The molecule has 0 radical (unpaired) electrons. The molecule has 0 spiro atoms. The molecule has 0 aliphatic carbocycles. The molecule has 0 unspecified atom stereocenters. The van der Waals surface area contributed by atoms with E-state index < -0.39 is 17.7 Å². The van der Waals surface area contributed by atoms with E-state index in [4.69, 9.17) is 4.74 Å². The largest absolute Gasteiger partial charge is 0.444 e. The quantitative estimate of drug-likeness (QED) is 0.888. The predicted octanol–water partition coefficient (Wildman–Crippen LogP) is 3.54. The fraction of sp³-hybridized carbons (Fsp3) is 0.444. The summed E-state index contributed by atoms with van der Waals surface area (Å²) in [7, 11) is 0. The van der Waals surface area contributed by atoms with E-state index in [9.17, 15) is 9.59 Å². The van der Waals surface area contributed by atoms with Gasteiger partial charge in [-0.05, 0) is 45.7 Å². The molecule has 1 N–H and O–H groups in total. The second kappa shape index (κ2) is 7.41. The number of nitrogens with zero attached hydrogens (tertiary/aromatic N) is 3. The number of carbonyl (C=O) groups excluding carboxylic acids is 2. The Bertz CT molecular complexity index is 785. The van der Waals surface area contributed by atoms with Crippen molar-refractivity contribution < 1.29 is 14.3 Å². The summed E-state index contributed by atoms with van der Waals surface area (Å²) in [4.78, 5) is 35.1. The molecule has 1 atom stereocenters. The lowest BCUT2D eigenvalue weighted by Gasteiger charge is -2.27. The van der Waals surface area contributed by atoms with E-state index in [1.54, 1.807) is 6.20 Å². The van der Waals surface area contributed by atoms with Gasteiger partial charge in [0.15, 0.2) is 5.13 Å². The Morgan fingerprint density at radius 1 is 1.31 bits per heavy atom. The summed E-state index contributed by atoms with van der Waals surface area (Å²) in [6.07, 6.45) is 2.63. The fourth-order valence-corrected chi connectivity index (χ4v) is 3.44. The fourth-order valence-electron chi connectivity index (χ4n) is 2.73. The number of hydrogen-bond acceptors (Lipinski definition) is 6. The Hall–Kier alpha value is -2.48. The zero-order valence-electron chi connectivity index (χ0n) is 15.1. The molecule has 0 bridgehead atoms. The molecule has 1 aliphatic heterocycles. The maximum atomic E-state index is 12.6. The van der Waals surface area contributed by atoms with Gasteiger partial charge in [0.2, 0.25) is 5.91 Å². The van der Waals surface area contributed by atoms with Crippen LogP contribution >= 0.6 is 11.3 Å². The smallest absolute Gasteiger partial charge is 0.410 e. The third-order valence-electron chi connectivity index (χ3n) is 3.85. The normalized spacial score (nSPS) is 17.2. The van der Waals surface area contributed by atoms with Crippen molar-refractivity contribution >= 4 is 28.5 Å². The number of likely N-dealkylation sites (tertiary alicyclic amines) is 1. The lowest BCUT2D eigenvalue weighted by Crippen LogP contribution is -2.45. The van der Waals surface area contributed by atoms with Gasteiger partial charge in [0.25, 0.3) is 0 Å². The molecule has 3 heterocycles. The molecule has 0 aromatic carbocycles. The van der Waals surface area contributed by atoms with Crippen molar-refractivity contribution in [1.29, 1.82) is 0 Å². The van der Waals surface area contributed by atoms with Gasteiger partial charge in [-0.1, -0.05) is 6.07 Å². The van der Waals surface area contributed by atoms with E-state index in [0.717, 1.165) is 12.1 Å². The summed E-state index contributed by atoms with van der Waals surface area (Å²) in [5, 5.41) is 5.15. The summed E-state index contributed by atoms with van der Waals surface area (Å²) >= 11 is 1.33. The van der Waals surface area contributed by atoms with E-state index in [0.29, 0.717) is 23.8 Å². The summed E-state index contributed by atoms with van der Waals surface area (Å²) in [6.45, 7) is 5.95. The first-order chi connectivity index (χ1) is 12.3. The van der Waals surface area contributed by atoms with Crippen LogP contribution < -0.4 is 5.32 Å². The molecule has 1 saturated heterocycles. The molecule has 2 amide bonds. The van der Waals surface area contributed by atoms with Crippen molar-refractivity contribution in [3.8, 4) is 11.4 Å². The van der Waals surface area contributed by atoms with Crippen LogP contribution in [0.2, 0.25) is 0 Å². The summed E-state index contributed by atoms with van der Waals surface area (Å²) in [5.41, 5.74) is 0.870. The molecule has 2 aromatic heterocycles. The molecule has 0 saturated carbocycles. The molecule has 7 nitrogen and oxygen atoms in total. The van der Waals surface area contributed by atoms with Gasteiger partial charge in [0.05, 0.1) is 5.69 Å². The predicted molar refractivity (Wildman–Crippen MR) is 99.9 cm³/mol. The van der Waals surface area contributed by atoms with Crippen molar-refractivity contribution in [2.24, 2.45) is 0 Å². The topological polar surface area (TPSA) is 84.4 Å². The van der Waals surface area contributed by atoms with Gasteiger partial charge in [-0.2, -0.15) is 0 Å². The highest BCUT2D eigenvalue weighted by Gasteiger charge is 2.36. The average Bonchev–Trinajstić information content (AvgIpc) is 3.23. The second-order valence-electron chi connectivity index (χ2n) is 7.07. The number of pyridine rings is 1. The van der Waals surface area contributed by atoms with Crippen LogP contribution in [0, 0.1) is 0 Å². The molecular formula is C18H22N4O3S.